The van der Waals surface area contributed by atoms with E-state index in [4.69, 9.17) is 0 Å². The van der Waals surface area contributed by atoms with Crippen molar-refractivity contribution in [3.05, 3.63) is 28.2 Å². The predicted molar refractivity (Wildman–Crippen MR) is 75.3 cm³/mol. The highest BCUT2D eigenvalue weighted by Crippen LogP contribution is 2.22. The second-order valence-electron chi connectivity index (χ2n) is 5.14. The van der Waals surface area contributed by atoms with E-state index in [-0.39, 0.29) is 18.0 Å². The molecule has 1 aromatic carbocycles. The van der Waals surface area contributed by atoms with E-state index in [0.29, 0.717) is 0 Å². The molecule has 0 aliphatic carbocycles. The van der Waals surface area contributed by atoms with Gasteiger partial charge in [0.25, 0.3) is 0 Å². The maximum Gasteiger partial charge on any atom is 0.239 e. The van der Waals surface area contributed by atoms with E-state index in [1.165, 1.54) is 0 Å². The van der Waals surface area contributed by atoms with Crippen LogP contribution >= 0.6 is 15.9 Å². The van der Waals surface area contributed by atoms with Crippen LogP contribution in [0.3, 0.4) is 0 Å². The summed E-state index contributed by atoms with van der Waals surface area (Å²) in [6.45, 7) is 8.20. The van der Waals surface area contributed by atoms with Gasteiger partial charge in [0.05, 0.1) is 6.54 Å². The van der Waals surface area contributed by atoms with Crippen LogP contribution in [0.1, 0.15) is 26.3 Å². The molecule has 2 N–H and O–H groups in total. The topological polar surface area (TPSA) is 41.1 Å². The molecule has 3 nitrogen and oxygen atoms in total. The zero-order valence-electron chi connectivity index (χ0n) is 10.7. The predicted octanol–water partition coefficient (Wildman–Crippen LogP) is 3.08. The molecular weight excluding hydrogens is 280 g/mol. The maximum atomic E-state index is 11.6. The fourth-order valence-electron chi connectivity index (χ4n) is 1.41. The Morgan fingerprint density at radius 3 is 2.59 bits per heavy atom. The van der Waals surface area contributed by atoms with Gasteiger partial charge in [0.1, 0.15) is 0 Å². The smallest absolute Gasteiger partial charge is 0.239 e. The Morgan fingerprint density at radius 2 is 2.00 bits per heavy atom. The molecule has 94 valence electrons. The number of carbonyl (C=O) groups is 1. The van der Waals surface area contributed by atoms with Gasteiger partial charge in [0, 0.05) is 15.7 Å². The summed E-state index contributed by atoms with van der Waals surface area (Å²) in [6, 6.07) is 6.00. The van der Waals surface area contributed by atoms with Gasteiger partial charge in [-0.1, -0.05) is 6.07 Å². The number of carbonyl (C=O) groups excluding carboxylic acids is 1. The molecule has 0 aliphatic rings. The number of rotatable bonds is 3. The summed E-state index contributed by atoms with van der Waals surface area (Å²) >= 11 is 3.45. The fourth-order valence-corrected chi connectivity index (χ4v) is 1.80. The quantitative estimate of drug-likeness (QED) is 0.900. The van der Waals surface area contributed by atoms with Gasteiger partial charge in [-0.3, -0.25) is 4.79 Å². The molecule has 0 unspecified atom stereocenters. The summed E-state index contributed by atoms with van der Waals surface area (Å²) in [4.78, 5) is 11.6. The van der Waals surface area contributed by atoms with Crippen LogP contribution in [-0.4, -0.2) is 18.0 Å². The SMILES string of the molecule is Cc1ccc(Br)c(NCC(=O)NC(C)(C)C)c1. The molecule has 0 radical (unpaired) electrons. The van der Waals surface area contributed by atoms with Gasteiger partial charge in [0.2, 0.25) is 5.91 Å². The normalized spacial score (nSPS) is 11.1. The van der Waals surface area contributed by atoms with Crippen LogP contribution in [0.5, 0.6) is 0 Å². The summed E-state index contributed by atoms with van der Waals surface area (Å²) in [5.41, 5.74) is 1.91. The molecule has 0 aromatic heterocycles. The molecule has 0 spiro atoms. The minimum absolute atomic E-state index is 0.00842. The van der Waals surface area contributed by atoms with Gasteiger partial charge >= 0.3 is 0 Å². The lowest BCUT2D eigenvalue weighted by Gasteiger charge is -2.21. The number of aryl methyl sites for hydroxylation is 1. The lowest BCUT2D eigenvalue weighted by molar-refractivity contribution is -0.120. The second-order valence-corrected chi connectivity index (χ2v) is 5.99. The Morgan fingerprint density at radius 1 is 1.35 bits per heavy atom. The lowest BCUT2D eigenvalue weighted by Crippen LogP contribution is -2.43. The van der Waals surface area contributed by atoms with Crippen LogP contribution in [0.25, 0.3) is 0 Å². The van der Waals surface area contributed by atoms with Crippen molar-refractivity contribution in [2.45, 2.75) is 33.2 Å². The Kier molecular flexibility index (Phi) is 4.57. The number of hydrogen-bond acceptors (Lipinski definition) is 2. The molecule has 0 saturated heterocycles. The molecule has 0 atom stereocenters. The molecule has 0 aliphatic heterocycles. The summed E-state index contributed by atoms with van der Waals surface area (Å²) in [7, 11) is 0. The number of benzene rings is 1. The van der Waals surface area contributed by atoms with E-state index < -0.39 is 0 Å². The van der Waals surface area contributed by atoms with Gasteiger partial charge in [-0.15, -0.1) is 0 Å². The van der Waals surface area contributed by atoms with Crippen molar-refractivity contribution in [2.24, 2.45) is 0 Å². The first-order chi connectivity index (χ1) is 7.78. The third-order valence-corrected chi connectivity index (χ3v) is 2.77. The molecule has 0 heterocycles. The van der Waals surface area contributed by atoms with E-state index in [2.05, 4.69) is 26.6 Å². The number of anilines is 1. The fraction of sp³-hybridized carbons (Fsp3) is 0.462. The van der Waals surface area contributed by atoms with Crippen molar-refractivity contribution in [2.75, 3.05) is 11.9 Å². The van der Waals surface area contributed by atoms with Crippen molar-refractivity contribution in [3.8, 4) is 0 Å². The average Bonchev–Trinajstić information content (AvgIpc) is 2.17. The summed E-state index contributed by atoms with van der Waals surface area (Å²) in [6.07, 6.45) is 0. The number of hydrogen-bond donors (Lipinski definition) is 2. The number of amides is 1. The Hall–Kier alpha value is -1.03. The number of halogens is 1. The average molecular weight is 299 g/mol. The van der Waals surface area contributed by atoms with Gasteiger partial charge in [-0.05, 0) is 61.3 Å². The Labute approximate surface area is 111 Å². The van der Waals surface area contributed by atoms with Crippen LogP contribution in [0.4, 0.5) is 5.69 Å². The molecule has 1 rings (SSSR count). The van der Waals surface area contributed by atoms with Crippen molar-refractivity contribution in [3.63, 3.8) is 0 Å². The third-order valence-electron chi connectivity index (χ3n) is 2.08. The molecule has 4 heteroatoms. The van der Waals surface area contributed by atoms with E-state index in [9.17, 15) is 4.79 Å². The molecule has 0 bridgehead atoms. The van der Waals surface area contributed by atoms with Crippen molar-refractivity contribution in [1.29, 1.82) is 0 Å². The monoisotopic (exact) mass is 298 g/mol. The summed E-state index contributed by atoms with van der Waals surface area (Å²) in [5.74, 6) is -0.00842. The zero-order valence-corrected chi connectivity index (χ0v) is 12.3. The van der Waals surface area contributed by atoms with E-state index >= 15 is 0 Å². The molecule has 1 amide bonds. The van der Waals surface area contributed by atoms with Crippen molar-refractivity contribution < 1.29 is 4.79 Å². The van der Waals surface area contributed by atoms with Crippen LogP contribution in [0.15, 0.2) is 22.7 Å². The highest BCUT2D eigenvalue weighted by atomic mass is 79.9. The van der Waals surface area contributed by atoms with E-state index in [0.717, 1.165) is 15.7 Å². The molecular formula is C13H19BrN2O. The first-order valence-electron chi connectivity index (χ1n) is 5.59. The van der Waals surface area contributed by atoms with Crippen molar-refractivity contribution >= 4 is 27.5 Å². The standard InChI is InChI=1S/C13H19BrN2O/c1-9-5-6-10(14)11(7-9)15-8-12(17)16-13(2,3)4/h5-7,15H,8H2,1-4H3,(H,16,17). The minimum atomic E-state index is -0.192. The van der Waals surface area contributed by atoms with Crippen LogP contribution in [0, 0.1) is 6.92 Å². The number of nitrogens with one attached hydrogen (secondary N) is 2. The molecule has 0 saturated carbocycles. The highest BCUT2D eigenvalue weighted by molar-refractivity contribution is 9.10. The highest BCUT2D eigenvalue weighted by Gasteiger charge is 2.13. The largest absolute Gasteiger partial charge is 0.375 e. The maximum absolute atomic E-state index is 11.6. The Bertz CT molecular complexity index is 410. The van der Waals surface area contributed by atoms with Gasteiger partial charge in [0.15, 0.2) is 0 Å². The zero-order chi connectivity index (χ0) is 13.1. The summed E-state index contributed by atoms with van der Waals surface area (Å²) < 4.78 is 0.964. The van der Waals surface area contributed by atoms with E-state index in [1.54, 1.807) is 0 Å². The van der Waals surface area contributed by atoms with Gasteiger partial charge < -0.3 is 10.6 Å². The molecule has 0 fully saturated rings. The summed E-state index contributed by atoms with van der Waals surface area (Å²) in [5, 5.41) is 6.02. The molecule has 17 heavy (non-hydrogen) atoms. The van der Waals surface area contributed by atoms with Crippen molar-refractivity contribution in [1.82, 2.24) is 5.32 Å². The first kappa shape index (κ1) is 14.0. The molecule has 1 aromatic rings. The van der Waals surface area contributed by atoms with Crippen LogP contribution in [0.2, 0.25) is 0 Å². The van der Waals surface area contributed by atoms with Crippen LogP contribution in [-0.2, 0) is 4.79 Å². The second kappa shape index (κ2) is 5.54. The van der Waals surface area contributed by atoms with Gasteiger partial charge in [-0.2, -0.15) is 0 Å². The van der Waals surface area contributed by atoms with Gasteiger partial charge in [-0.25, -0.2) is 0 Å². The first-order valence-corrected chi connectivity index (χ1v) is 6.38. The minimum Gasteiger partial charge on any atom is -0.375 e. The Balaban J connectivity index is 2.56. The third kappa shape index (κ3) is 5.22. The lowest BCUT2D eigenvalue weighted by atomic mass is 10.1. The van der Waals surface area contributed by atoms with Crippen LogP contribution < -0.4 is 10.6 Å². The van der Waals surface area contributed by atoms with E-state index in [1.807, 2.05) is 45.9 Å².